The van der Waals surface area contributed by atoms with E-state index in [1.165, 1.54) is 19.3 Å². The van der Waals surface area contributed by atoms with Gasteiger partial charge in [-0.1, -0.05) is 27.2 Å². The van der Waals surface area contributed by atoms with Gasteiger partial charge in [0, 0.05) is 12.1 Å². The van der Waals surface area contributed by atoms with Crippen molar-refractivity contribution in [1.29, 1.82) is 0 Å². The van der Waals surface area contributed by atoms with Crippen molar-refractivity contribution in [3.63, 3.8) is 0 Å². The predicted molar refractivity (Wildman–Crippen MR) is 134 cm³/mol. The first kappa shape index (κ1) is 26.4. The van der Waals surface area contributed by atoms with Gasteiger partial charge in [0.1, 0.15) is 6.10 Å². The number of Topliss-reactive ketones (excluding diaryl/α,β-unsaturated/α-hetero) is 1. The largest absolute Gasteiger partial charge is 0.461 e. The van der Waals surface area contributed by atoms with Crippen molar-refractivity contribution in [2.75, 3.05) is 12.3 Å². The van der Waals surface area contributed by atoms with E-state index in [0.717, 1.165) is 41.9 Å². The lowest BCUT2D eigenvalue weighted by Gasteiger charge is -2.29. The van der Waals surface area contributed by atoms with Crippen LogP contribution < -0.4 is 17.2 Å². The molecule has 0 radical (unpaired) electrons. The Bertz CT molecular complexity index is 1100. The molecular formula is C26H37N5O4. The second-order valence-corrected chi connectivity index (χ2v) is 10.1. The van der Waals surface area contributed by atoms with Crippen LogP contribution in [0.5, 0.6) is 0 Å². The SMILES string of the molecule is CCc1nn(-c2ccc(C(N)=O)c(N)c2)c2c1C(=O)CC(C)(C)C2.NCC(=O)OC1CCCCC1. The number of amides is 1. The molecule has 2 aliphatic carbocycles. The van der Waals surface area contributed by atoms with Gasteiger partial charge >= 0.3 is 5.97 Å². The number of aromatic nitrogens is 2. The minimum absolute atomic E-state index is 0.0104. The third kappa shape index (κ3) is 6.28. The van der Waals surface area contributed by atoms with Crippen LogP contribution >= 0.6 is 0 Å². The van der Waals surface area contributed by atoms with Crippen LogP contribution in [-0.4, -0.2) is 40.1 Å². The van der Waals surface area contributed by atoms with Gasteiger partial charge in [0.2, 0.25) is 0 Å². The highest BCUT2D eigenvalue weighted by Gasteiger charge is 2.36. The molecule has 0 unspecified atom stereocenters. The van der Waals surface area contributed by atoms with E-state index in [-0.39, 0.29) is 35.4 Å². The number of ether oxygens (including phenoxy) is 1. The van der Waals surface area contributed by atoms with Crippen molar-refractivity contribution in [3.05, 3.63) is 40.7 Å². The minimum atomic E-state index is -0.563. The highest BCUT2D eigenvalue weighted by molar-refractivity contribution is 6.00. The summed E-state index contributed by atoms with van der Waals surface area (Å²) in [6.07, 6.45) is 7.81. The smallest absolute Gasteiger partial charge is 0.319 e. The maximum atomic E-state index is 12.6. The van der Waals surface area contributed by atoms with Crippen LogP contribution in [0.15, 0.2) is 18.2 Å². The van der Waals surface area contributed by atoms with Crippen molar-refractivity contribution >= 4 is 23.3 Å². The van der Waals surface area contributed by atoms with Crippen LogP contribution in [0.3, 0.4) is 0 Å². The summed E-state index contributed by atoms with van der Waals surface area (Å²) < 4.78 is 6.86. The standard InChI is InChI=1S/C18H22N4O2.C8H15NO2/c1-4-13-16-14(8-18(2,3)9-15(16)23)22(21-13)10-5-6-11(17(20)24)12(19)7-10;9-6-8(10)11-7-4-2-1-3-5-7/h5-7H,4,8-9,19H2,1-3H3,(H2,20,24);7H,1-6,9H2. The molecule has 0 spiro atoms. The minimum Gasteiger partial charge on any atom is -0.461 e. The molecule has 6 N–H and O–H groups in total. The van der Waals surface area contributed by atoms with E-state index in [2.05, 4.69) is 18.9 Å². The number of ketones is 1. The third-order valence-corrected chi connectivity index (χ3v) is 6.51. The van der Waals surface area contributed by atoms with Gasteiger partial charge in [-0.05, 0) is 62.1 Å². The molecule has 2 aliphatic rings. The van der Waals surface area contributed by atoms with Crippen molar-refractivity contribution in [1.82, 2.24) is 9.78 Å². The molecule has 9 heteroatoms. The van der Waals surface area contributed by atoms with Gasteiger partial charge in [-0.3, -0.25) is 14.4 Å². The monoisotopic (exact) mass is 483 g/mol. The van der Waals surface area contributed by atoms with E-state index in [9.17, 15) is 14.4 Å². The first-order chi connectivity index (χ1) is 16.6. The molecule has 9 nitrogen and oxygen atoms in total. The molecule has 35 heavy (non-hydrogen) atoms. The summed E-state index contributed by atoms with van der Waals surface area (Å²) in [4.78, 5) is 34.7. The summed E-state index contributed by atoms with van der Waals surface area (Å²) in [7, 11) is 0. The molecule has 1 amide bonds. The molecular weight excluding hydrogens is 446 g/mol. The molecule has 1 aromatic heterocycles. The number of nitrogens with zero attached hydrogens (tertiary/aromatic N) is 2. The van der Waals surface area contributed by atoms with Crippen LogP contribution in [0.25, 0.3) is 5.69 Å². The van der Waals surface area contributed by atoms with Gasteiger partial charge in [0.15, 0.2) is 5.78 Å². The van der Waals surface area contributed by atoms with Gasteiger partial charge in [0.05, 0.1) is 34.7 Å². The van der Waals surface area contributed by atoms with Crippen molar-refractivity contribution in [3.8, 4) is 5.69 Å². The van der Waals surface area contributed by atoms with Gasteiger partial charge in [-0.15, -0.1) is 0 Å². The lowest BCUT2D eigenvalue weighted by Crippen LogP contribution is -2.28. The van der Waals surface area contributed by atoms with E-state index in [4.69, 9.17) is 21.9 Å². The fourth-order valence-corrected chi connectivity index (χ4v) is 4.81. The van der Waals surface area contributed by atoms with Crippen LogP contribution in [0, 0.1) is 5.41 Å². The summed E-state index contributed by atoms with van der Waals surface area (Å²) >= 11 is 0. The number of primary amides is 1. The molecule has 0 bridgehead atoms. The molecule has 190 valence electrons. The second-order valence-electron chi connectivity index (χ2n) is 10.1. The van der Waals surface area contributed by atoms with Gasteiger partial charge in [-0.2, -0.15) is 5.10 Å². The van der Waals surface area contributed by atoms with Gasteiger partial charge in [-0.25, -0.2) is 4.68 Å². The van der Waals surface area contributed by atoms with Gasteiger partial charge < -0.3 is 21.9 Å². The number of rotatable bonds is 5. The molecule has 1 fully saturated rings. The lowest BCUT2D eigenvalue weighted by molar-refractivity contribution is -0.148. The second kappa shape index (κ2) is 11.0. The maximum absolute atomic E-state index is 12.6. The lowest BCUT2D eigenvalue weighted by atomic mass is 9.75. The highest BCUT2D eigenvalue weighted by atomic mass is 16.5. The number of aryl methyl sites for hydroxylation is 1. The normalized spacial score (nSPS) is 17.2. The predicted octanol–water partition coefficient (Wildman–Crippen LogP) is 3.09. The summed E-state index contributed by atoms with van der Waals surface area (Å²) in [6.45, 7) is 6.17. The summed E-state index contributed by atoms with van der Waals surface area (Å²) in [6, 6.07) is 5.04. The fraction of sp³-hybridized carbons (Fsp3) is 0.538. The van der Waals surface area contributed by atoms with Gasteiger partial charge in [0.25, 0.3) is 5.91 Å². The molecule has 1 heterocycles. The van der Waals surface area contributed by atoms with E-state index in [1.54, 1.807) is 22.9 Å². The van der Waals surface area contributed by atoms with E-state index in [0.29, 0.717) is 18.5 Å². The Morgan fingerprint density at radius 2 is 1.86 bits per heavy atom. The molecule has 1 aromatic carbocycles. The average molecular weight is 484 g/mol. The quantitative estimate of drug-likeness (QED) is 0.436. The molecule has 0 aliphatic heterocycles. The number of carbonyl (C=O) groups excluding carboxylic acids is 3. The average Bonchev–Trinajstić information content (AvgIpc) is 3.17. The van der Waals surface area contributed by atoms with E-state index in [1.807, 2.05) is 6.92 Å². The Labute approximate surface area is 206 Å². The van der Waals surface area contributed by atoms with Crippen molar-refractivity contribution in [2.24, 2.45) is 16.9 Å². The molecule has 4 rings (SSSR count). The Morgan fingerprint density at radius 3 is 2.43 bits per heavy atom. The van der Waals surface area contributed by atoms with E-state index < -0.39 is 5.91 Å². The number of anilines is 1. The fourth-order valence-electron chi connectivity index (χ4n) is 4.81. The molecule has 0 saturated heterocycles. The number of carbonyl (C=O) groups is 3. The van der Waals surface area contributed by atoms with Crippen LogP contribution in [0.2, 0.25) is 0 Å². The zero-order valence-corrected chi connectivity index (χ0v) is 20.9. The van der Waals surface area contributed by atoms with Crippen molar-refractivity contribution < 1.29 is 19.1 Å². The number of hydrogen-bond donors (Lipinski definition) is 3. The summed E-state index contributed by atoms with van der Waals surface area (Å²) in [5, 5.41) is 4.64. The number of esters is 1. The van der Waals surface area contributed by atoms with Crippen LogP contribution in [0.1, 0.15) is 91.4 Å². The Morgan fingerprint density at radius 1 is 1.17 bits per heavy atom. The van der Waals surface area contributed by atoms with E-state index >= 15 is 0 Å². The molecule has 0 atom stereocenters. The molecule has 1 saturated carbocycles. The van der Waals surface area contributed by atoms with Crippen LogP contribution in [-0.2, 0) is 22.4 Å². The van der Waals surface area contributed by atoms with Crippen LogP contribution in [0.4, 0.5) is 5.69 Å². The topological polar surface area (TPSA) is 156 Å². The number of benzene rings is 1. The Kier molecular flexibility index (Phi) is 8.32. The number of nitrogen functional groups attached to an aromatic ring is 1. The Hall–Kier alpha value is -3.20. The number of fused-ring (bicyclic) bond motifs is 1. The van der Waals surface area contributed by atoms with Crippen molar-refractivity contribution in [2.45, 2.75) is 78.2 Å². The summed E-state index contributed by atoms with van der Waals surface area (Å²) in [5.41, 5.74) is 20.1. The maximum Gasteiger partial charge on any atom is 0.319 e. The highest BCUT2D eigenvalue weighted by Crippen LogP contribution is 2.37. The summed E-state index contributed by atoms with van der Waals surface area (Å²) in [5.74, 6) is -0.685. The first-order valence-electron chi connectivity index (χ1n) is 12.3. The Balaban J connectivity index is 0.000000261. The molecule has 2 aromatic rings. The zero-order chi connectivity index (χ0) is 25.8. The first-order valence-corrected chi connectivity index (χ1v) is 12.3. The number of nitrogens with two attached hydrogens (primary N) is 3. The number of hydrogen-bond acceptors (Lipinski definition) is 7. The third-order valence-electron chi connectivity index (χ3n) is 6.51. The zero-order valence-electron chi connectivity index (χ0n) is 20.9.